The summed E-state index contributed by atoms with van der Waals surface area (Å²) in [5.41, 5.74) is 0.867. The van der Waals surface area contributed by atoms with Crippen LogP contribution in [-0.4, -0.2) is 24.1 Å². The van der Waals surface area contributed by atoms with Crippen molar-refractivity contribution in [3.63, 3.8) is 0 Å². The number of hydrogen-bond donors (Lipinski definition) is 0. The third kappa shape index (κ3) is 3.34. The van der Waals surface area contributed by atoms with Gasteiger partial charge in [0.15, 0.2) is 20.6 Å². The van der Waals surface area contributed by atoms with Crippen LogP contribution in [0.5, 0.6) is 11.5 Å². The van der Waals surface area contributed by atoms with Gasteiger partial charge in [-0.2, -0.15) is 0 Å². The fraction of sp³-hybridized carbons (Fsp3) is 0.231. The van der Waals surface area contributed by atoms with E-state index >= 15 is 0 Å². The molecule has 5 nitrogen and oxygen atoms in total. The molecule has 0 N–H and O–H groups in total. The van der Waals surface area contributed by atoms with Crippen molar-refractivity contribution in [2.24, 2.45) is 0 Å². The van der Waals surface area contributed by atoms with Crippen LogP contribution >= 0.6 is 15.9 Å². The summed E-state index contributed by atoms with van der Waals surface area (Å²) in [5, 5.41) is 0.0495. The van der Waals surface area contributed by atoms with Crippen molar-refractivity contribution in [3.05, 3.63) is 40.8 Å². The topological polar surface area (TPSA) is 69.2 Å². The Morgan fingerprint density at radius 2 is 2.00 bits per heavy atom. The molecule has 0 unspecified atom stereocenters. The van der Waals surface area contributed by atoms with Crippen molar-refractivity contribution in [1.29, 1.82) is 0 Å². The summed E-state index contributed by atoms with van der Waals surface area (Å²) in [6, 6.07) is 6.61. The lowest BCUT2D eigenvalue weighted by Crippen LogP contribution is -2.05. The lowest BCUT2D eigenvalue weighted by molar-refractivity contribution is 0.472. The maximum Gasteiger partial charge on any atom is 0.195 e. The second-order valence-electron chi connectivity index (χ2n) is 4.08. The summed E-state index contributed by atoms with van der Waals surface area (Å²) in [7, 11) is -3.29. The molecule has 2 aromatic heterocycles. The molecule has 0 aliphatic rings. The monoisotopic (exact) mass is 356 g/mol. The van der Waals surface area contributed by atoms with Crippen LogP contribution in [-0.2, 0) is 9.84 Å². The summed E-state index contributed by atoms with van der Waals surface area (Å²) in [6.45, 7) is 3.46. The molecule has 20 heavy (non-hydrogen) atoms. The van der Waals surface area contributed by atoms with Crippen molar-refractivity contribution >= 4 is 25.8 Å². The zero-order valence-corrected chi connectivity index (χ0v) is 13.4. The number of aromatic nitrogens is 2. The smallest absolute Gasteiger partial charge is 0.195 e. The summed E-state index contributed by atoms with van der Waals surface area (Å²) >= 11 is 3.31. The Bertz CT molecular complexity index is 715. The van der Waals surface area contributed by atoms with Crippen molar-refractivity contribution < 1.29 is 13.2 Å². The molecule has 0 aromatic carbocycles. The van der Waals surface area contributed by atoms with Crippen LogP contribution in [0.3, 0.4) is 0 Å². The van der Waals surface area contributed by atoms with E-state index in [9.17, 15) is 8.42 Å². The first-order valence-electron chi connectivity index (χ1n) is 5.92. The van der Waals surface area contributed by atoms with Gasteiger partial charge >= 0.3 is 0 Å². The fourth-order valence-corrected chi connectivity index (χ4v) is 2.75. The fourth-order valence-electron chi connectivity index (χ4n) is 1.47. The molecule has 0 fully saturated rings. The van der Waals surface area contributed by atoms with Gasteiger partial charge in [-0.15, -0.1) is 0 Å². The van der Waals surface area contributed by atoms with E-state index in [2.05, 4.69) is 25.9 Å². The quantitative estimate of drug-likeness (QED) is 0.787. The van der Waals surface area contributed by atoms with Gasteiger partial charge < -0.3 is 4.74 Å². The molecule has 0 aliphatic carbocycles. The van der Waals surface area contributed by atoms with E-state index < -0.39 is 9.84 Å². The number of rotatable bonds is 4. The van der Waals surface area contributed by atoms with Gasteiger partial charge in [0, 0.05) is 5.69 Å². The summed E-state index contributed by atoms with van der Waals surface area (Å²) < 4.78 is 29.5. The highest BCUT2D eigenvalue weighted by Crippen LogP contribution is 2.28. The predicted octanol–water partition coefficient (Wildman–Crippen LogP) is 3.13. The Kier molecular flexibility index (Phi) is 4.39. The Balaban J connectivity index is 2.23. The average molecular weight is 357 g/mol. The third-order valence-electron chi connectivity index (χ3n) is 2.59. The molecule has 0 saturated heterocycles. The summed E-state index contributed by atoms with van der Waals surface area (Å²) in [4.78, 5) is 8.13. The van der Waals surface area contributed by atoms with E-state index in [0.29, 0.717) is 16.1 Å². The van der Waals surface area contributed by atoms with Gasteiger partial charge in [0.1, 0.15) is 10.4 Å². The number of nitrogens with zero attached hydrogens (tertiary/aromatic N) is 2. The van der Waals surface area contributed by atoms with Crippen LogP contribution in [0.4, 0.5) is 0 Å². The van der Waals surface area contributed by atoms with Crippen molar-refractivity contribution in [2.45, 2.75) is 18.9 Å². The molecule has 106 valence electrons. The number of sulfone groups is 1. The SMILES string of the molecule is CCS(=O)(=O)c1ccc(Oc2ccc(C)nc2Br)cn1. The highest BCUT2D eigenvalue weighted by Gasteiger charge is 2.13. The maximum absolute atomic E-state index is 11.6. The van der Waals surface area contributed by atoms with E-state index in [1.807, 2.05) is 13.0 Å². The van der Waals surface area contributed by atoms with E-state index in [0.717, 1.165) is 5.69 Å². The molecule has 0 atom stereocenters. The summed E-state index contributed by atoms with van der Waals surface area (Å²) in [5.74, 6) is 1.02. The van der Waals surface area contributed by atoms with Gasteiger partial charge in [-0.25, -0.2) is 18.4 Å². The summed E-state index contributed by atoms with van der Waals surface area (Å²) in [6.07, 6.45) is 1.38. The van der Waals surface area contributed by atoms with Gasteiger partial charge in [-0.05, 0) is 47.1 Å². The van der Waals surface area contributed by atoms with Crippen LogP contribution in [0.2, 0.25) is 0 Å². The number of halogens is 1. The molecule has 2 aromatic rings. The van der Waals surface area contributed by atoms with E-state index in [4.69, 9.17) is 4.74 Å². The first-order valence-corrected chi connectivity index (χ1v) is 8.36. The first-order chi connectivity index (χ1) is 9.42. The highest BCUT2D eigenvalue weighted by molar-refractivity contribution is 9.10. The minimum absolute atomic E-state index is 0.0215. The first kappa shape index (κ1) is 14.9. The number of pyridine rings is 2. The molecular weight excluding hydrogens is 344 g/mol. The maximum atomic E-state index is 11.6. The molecule has 0 saturated carbocycles. The molecule has 2 rings (SSSR count). The normalized spacial score (nSPS) is 11.3. The Morgan fingerprint density at radius 3 is 2.55 bits per heavy atom. The van der Waals surface area contributed by atoms with Crippen LogP contribution in [0.25, 0.3) is 0 Å². The zero-order valence-electron chi connectivity index (χ0n) is 11.0. The molecule has 2 heterocycles. The minimum atomic E-state index is -3.29. The van der Waals surface area contributed by atoms with Crippen LogP contribution in [0.1, 0.15) is 12.6 Å². The van der Waals surface area contributed by atoms with Crippen molar-refractivity contribution in [2.75, 3.05) is 5.75 Å². The van der Waals surface area contributed by atoms with Gasteiger partial charge in [-0.1, -0.05) is 6.92 Å². The molecule has 0 amide bonds. The van der Waals surface area contributed by atoms with E-state index in [-0.39, 0.29) is 10.8 Å². The molecule has 0 bridgehead atoms. The van der Waals surface area contributed by atoms with E-state index in [1.54, 1.807) is 19.1 Å². The van der Waals surface area contributed by atoms with Crippen molar-refractivity contribution in [1.82, 2.24) is 9.97 Å². The molecule has 7 heteroatoms. The van der Waals surface area contributed by atoms with Gasteiger partial charge in [-0.3, -0.25) is 0 Å². The molecule has 0 aliphatic heterocycles. The highest BCUT2D eigenvalue weighted by atomic mass is 79.9. The van der Waals surface area contributed by atoms with Crippen molar-refractivity contribution in [3.8, 4) is 11.5 Å². The minimum Gasteiger partial charge on any atom is -0.453 e. The van der Waals surface area contributed by atoms with Crippen LogP contribution in [0.15, 0.2) is 40.1 Å². The van der Waals surface area contributed by atoms with Crippen LogP contribution in [0, 0.1) is 6.92 Å². The van der Waals surface area contributed by atoms with Gasteiger partial charge in [0.25, 0.3) is 0 Å². The largest absolute Gasteiger partial charge is 0.453 e. The van der Waals surface area contributed by atoms with Gasteiger partial charge in [0.05, 0.1) is 11.9 Å². The number of aryl methyl sites for hydroxylation is 1. The number of hydrogen-bond acceptors (Lipinski definition) is 5. The molecular formula is C13H13BrN2O3S. The predicted molar refractivity (Wildman–Crippen MR) is 78.7 cm³/mol. The van der Waals surface area contributed by atoms with Crippen LogP contribution < -0.4 is 4.74 Å². The Labute approximate surface area is 126 Å². The van der Waals surface area contributed by atoms with Gasteiger partial charge in [0.2, 0.25) is 0 Å². The second kappa shape index (κ2) is 5.88. The molecule has 0 spiro atoms. The van der Waals surface area contributed by atoms with E-state index in [1.165, 1.54) is 12.3 Å². The Hall–Kier alpha value is -1.47. The lowest BCUT2D eigenvalue weighted by atomic mass is 10.4. The standard InChI is InChI=1S/C13H13BrN2O3S/c1-3-20(17,18)12-7-5-10(8-15-12)19-11-6-4-9(2)16-13(11)14/h4-8H,3H2,1-2H3. The lowest BCUT2D eigenvalue weighted by Gasteiger charge is -2.08. The zero-order chi connectivity index (χ0) is 14.8. The third-order valence-corrected chi connectivity index (χ3v) is 4.80. The Morgan fingerprint density at radius 1 is 1.25 bits per heavy atom. The number of ether oxygens (including phenoxy) is 1. The second-order valence-corrected chi connectivity index (χ2v) is 7.06. The average Bonchev–Trinajstić information content (AvgIpc) is 2.42. The molecule has 0 radical (unpaired) electrons.